The Morgan fingerprint density at radius 1 is 1.29 bits per heavy atom. The number of hydrogen-bond donors (Lipinski definition) is 3. The molecule has 5 nitrogen and oxygen atoms in total. The maximum Gasteiger partial charge on any atom is 0.251 e. The average molecular weight is 285 g/mol. The minimum Gasteiger partial charge on any atom is -0.394 e. The number of amides is 1. The zero-order valence-electron chi connectivity index (χ0n) is 12.1. The summed E-state index contributed by atoms with van der Waals surface area (Å²) in [5.74, 6) is -0.125. The van der Waals surface area contributed by atoms with Crippen LogP contribution in [0.4, 0.5) is 5.69 Å². The molecule has 3 N–H and O–H groups in total. The molecule has 0 aliphatic heterocycles. The molecule has 0 spiro atoms. The number of carbonyl (C=O) groups is 1. The van der Waals surface area contributed by atoms with Crippen LogP contribution >= 0.6 is 0 Å². The molecule has 0 saturated heterocycles. The van der Waals surface area contributed by atoms with Crippen molar-refractivity contribution in [2.45, 2.75) is 13.0 Å². The second kappa shape index (κ2) is 6.85. The molecule has 1 aromatic heterocycles. The third kappa shape index (κ3) is 3.58. The molecule has 0 aliphatic carbocycles. The Hall–Kier alpha value is -2.40. The summed E-state index contributed by atoms with van der Waals surface area (Å²) in [5.41, 5.74) is 3.46. The first kappa shape index (κ1) is 15.0. The predicted octanol–water partition coefficient (Wildman–Crippen LogP) is 1.90. The lowest BCUT2D eigenvalue weighted by molar-refractivity contribution is 0.0963. The van der Waals surface area contributed by atoms with E-state index in [1.807, 2.05) is 25.1 Å². The molecule has 1 aromatic carbocycles. The monoisotopic (exact) mass is 285 g/mol. The van der Waals surface area contributed by atoms with Crippen LogP contribution in [-0.4, -0.2) is 29.7 Å². The van der Waals surface area contributed by atoms with Gasteiger partial charge in [-0.25, -0.2) is 0 Å². The Morgan fingerprint density at radius 2 is 2.00 bits per heavy atom. The van der Waals surface area contributed by atoms with Gasteiger partial charge in [0.05, 0.1) is 12.6 Å². The van der Waals surface area contributed by atoms with E-state index >= 15 is 0 Å². The first-order valence-corrected chi connectivity index (χ1v) is 6.75. The van der Waals surface area contributed by atoms with E-state index in [-0.39, 0.29) is 18.6 Å². The molecule has 0 fully saturated rings. The number of nitrogens with zero attached hydrogens (tertiary/aromatic N) is 1. The van der Waals surface area contributed by atoms with E-state index in [1.165, 1.54) is 0 Å². The summed E-state index contributed by atoms with van der Waals surface area (Å²) in [6.07, 6.45) is 3.48. The maximum atomic E-state index is 11.5. The number of aromatic nitrogens is 1. The van der Waals surface area contributed by atoms with E-state index in [4.69, 9.17) is 0 Å². The van der Waals surface area contributed by atoms with E-state index < -0.39 is 0 Å². The molecule has 1 unspecified atom stereocenters. The van der Waals surface area contributed by atoms with Crippen molar-refractivity contribution in [3.8, 4) is 0 Å². The van der Waals surface area contributed by atoms with Gasteiger partial charge in [0.1, 0.15) is 0 Å². The number of aryl methyl sites for hydroxylation is 1. The first-order chi connectivity index (χ1) is 10.2. The third-order valence-corrected chi connectivity index (χ3v) is 3.33. The smallest absolute Gasteiger partial charge is 0.251 e. The van der Waals surface area contributed by atoms with E-state index in [2.05, 4.69) is 15.6 Å². The largest absolute Gasteiger partial charge is 0.394 e. The van der Waals surface area contributed by atoms with Crippen LogP contribution in [0, 0.1) is 6.92 Å². The summed E-state index contributed by atoms with van der Waals surface area (Å²) in [6, 6.07) is 8.82. The number of hydrogen-bond acceptors (Lipinski definition) is 4. The fourth-order valence-corrected chi connectivity index (χ4v) is 2.07. The van der Waals surface area contributed by atoms with E-state index in [0.717, 1.165) is 16.8 Å². The highest BCUT2D eigenvalue weighted by Crippen LogP contribution is 2.21. The van der Waals surface area contributed by atoms with Gasteiger partial charge in [-0.2, -0.15) is 0 Å². The minimum atomic E-state index is -0.232. The summed E-state index contributed by atoms with van der Waals surface area (Å²) in [6.45, 7) is 1.92. The van der Waals surface area contributed by atoms with Gasteiger partial charge in [0.2, 0.25) is 0 Å². The van der Waals surface area contributed by atoms with Crippen molar-refractivity contribution in [3.05, 3.63) is 59.4 Å². The number of aliphatic hydroxyl groups is 1. The van der Waals surface area contributed by atoms with Crippen molar-refractivity contribution in [1.29, 1.82) is 0 Å². The Kier molecular flexibility index (Phi) is 4.90. The number of benzene rings is 1. The van der Waals surface area contributed by atoms with Crippen molar-refractivity contribution >= 4 is 11.6 Å². The van der Waals surface area contributed by atoms with Gasteiger partial charge in [0, 0.05) is 30.7 Å². The number of pyridine rings is 1. The van der Waals surface area contributed by atoms with Gasteiger partial charge in [0.15, 0.2) is 0 Å². The van der Waals surface area contributed by atoms with E-state index in [9.17, 15) is 9.90 Å². The van der Waals surface area contributed by atoms with Crippen molar-refractivity contribution in [2.24, 2.45) is 0 Å². The summed E-state index contributed by atoms with van der Waals surface area (Å²) >= 11 is 0. The fourth-order valence-electron chi connectivity index (χ4n) is 2.07. The van der Waals surface area contributed by atoms with Crippen LogP contribution in [0.25, 0.3) is 0 Å². The van der Waals surface area contributed by atoms with Crippen molar-refractivity contribution < 1.29 is 9.90 Å². The second-order valence-corrected chi connectivity index (χ2v) is 4.77. The molecule has 0 aliphatic rings. The number of anilines is 1. The number of nitrogens with one attached hydrogen (secondary N) is 2. The van der Waals surface area contributed by atoms with Crippen molar-refractivity contribution in [2.75, 3.05) is 19.0 Å². The molecule has 2 rings (SSSR count). The van der Waals surface area contributed by atoms with Crippen LogP contribution in [0.5, 0.6) is 0 Å². The summed E-state index contributed by atoms with van der Waals surface area (Å²) in [5, 5.41) is 15.5. The molecule has 21 heavy (non-hydrogen) atoms. The molecule has 1 heterocycles. The van der Waals surface area contributed by atoms with Crippen LogP contribution in [-0.2, 0) is 0 Å². The Balaban J connectivity index is 2.18. The SMILES string of the molecule is CNC(=O)c1ccc(C(CO)Nc2ccncc2C)cc1. The molecule has 110 valence electrons. The summed E-state index contributed by atoms with van der Waals surface area (Å²) in [7, 11) is 1.60. The molecule has 2 aromatic rings. The van der Waals surface area contributed by atoms with Gasteiger partial charge < -0.3 is 15.7 Å². The molecule has 1 atom stereocenters. The highest BCUT2D eigenvalue weighted by Gasteiger charge is 2.12. The Labute approximate surface area is 124 Å². The van der Waals surface area contributed by atoms with E-state index in [1.54, 1.807) is 31.6 Å². The molecule has 0 saturated carbocycles. The van der Waals surface area contributed by atoms with Gasteiger partial charge in [0.25, 0.3) is 5.91 Å². The quantitative estimate of drug-likeness (QED) is 0.784. The molecular formula is C16H19N3O2. The van der Waals surface area contributed by atoms with Crippen molar-refractivity contribution in [1.82, 2.24) is 10.3 Å². The van der Waals surface area contributed by atoms with Gasteiger partial charge in [-0.1, -0.05) is 12.1 Å². The average Bonchev–Trinajstić information content (AvgIpc) is 2.53. The standard InChI is InChI=1S/C16H19N3O2/c1-11-9-18-8-7-14(11)19-15(10-20)12-3-5-13(6-4-12)16(21)17-2/h3-9,15,20H,10H2,1-2H3,(H,17,21)(H,18,19). The van der Waals surface area contributed by atoms with Gasteiger partial charge in [-0.15, -0.1) is 0 Å². The van der Waals surface area contributed by atoms with Gasteiger partial charge in [-0.3, -0.25) is 9.78 Å². The lowest BCUT2D eigenvalue weighted by Crippen LogP contribution is -2.19. The van der Waals surface area contributed by atoms with Crippen LogP contribution in [0.2, 0.25) is 0 Å². The third-order valence-electron chi connectivity index (χ3n) is 3.33. The fraction of sp³-hybridized carbons (Fsp3) is 0.250. The Bertz CT molecular complexity index is 611. The predicted molar refractivity (Wildman–Crippen MR) is 82.3 cm³/mol. The Morgan fingerprint density at radius 3 is 2.57 bits per heavy atom. The molecule has 1 amide bonds. The first-order valence-electron chi connectivity index (χ1n) is 6.75. The number of carbonyl (C=O) groups excluding carboxylic acids is 1. The number of rotatable bonds is 5. The maximum absolute atomic E-state index is 11.5. The highest BCUT2D eigenvalue weighted by atomic mass is 16.3. The van der Waals surface area contributed by atoms with Crippen LogP contribution in [0.15, 0.2) is 42.7 Å². The van der Waals surface area contributed by atoms with Crippen LogP contribution in [0.3, 0.4) is 0 Å². The summed E-state index contributed by atoms with van der Waals surface area (Å²) in [4.78, 5) is 15.6. The van der Waals surface area contributed by atoms with E-state index in [0.29, 0.717) is 5.56 Å². The molecule has 0 radical (unpaired) electrons. The second-order valence-electron chi connectivity index (χ2n) is 4.77. The topological polar surface area (TPSA) is 74.2 Å². The zero-order valence-corrected chi connectivity index (χ0v) is 12.1. The van der Waals surface area contributed by atoms with Crippen LogP contribution in [0.1, 0.15) is 27.5 Å². The minimum absolute atomic E-state index is 0.0406. The lowest BCUT2D eigenvalue weighted by Gasteiger charge is -2.19. The number of aliphatic hydroxyl groups excluding tert-OH is 1. The molecular weight excluding hydrogens is 266 g/mol. The van der Waals surface area contributed by atoms with Crippen LogP contribution < -0.4 is 10.6 Å². The lowest BCUT2D eigenvalue weighted by atomic mass is 10.0. The van der Waals surface area contributed by atoms with Gasteiger partial charge in [-0.05, 0) is 36.2 Å². The highest BCUT2D eigenvalue weighted by molar-refractivity contribution is 5.93. The zero-order chi connectivity index (χ0) is 15.2. The van der Waals surface area contributed by atoms with Crippen molar-refractivity contribution in [3.63, 3.8) is 0 Å². The normalized spacial score (nSPS) is 11.8. The van der Waals surface area contributed by atoms with Gasteiger partial charge >= 0.3 is 0 Å². The summed E-state index contributed by atoms with van der Waals surface area (Å²) < 4.78 is 0. The molecule has 5 heteroatoms. The molecule has 0 bridgehead atoms.